The van der Waals surface area contributed by atoms with Crippen LogP contribution in [-0.2, 0) is 6.18 Å². The maximum Gasteiger partial charge on any atom is 0.418 e. The van der Waals surface area contributed by atoms with Crippen LogP contribution in [0, 0.1) is 6.92 Å². The van der Waals surface area contributed by atoms with E-state index in [0.717, 1.165) is 16.8 Å². The smallest absolute Gasteiger partial charge is 0.418 e. The monoisotopic (exact) mass is 403 g/mol. The first kappa shape index (κ1) is 20.1. The number of nitrogens with one attached hydrogen (secondary N) is 1. The van der Waals surface area contributed by atoms with Gasteiger partial charge in [-0.3, -0.25) is 9.59 Å². The second kappa shape index (κ2) is 7.78. The minimum Gasteiger partial charge on any atom is -0.495 e. The van der Waals surface area contributed by atoms with Crippen molar-refractivity contribution in [3.05, 3.63) is 81.8 Å². The molecule has 1 N–H and O–H groups in total. The number of alkyl halides is 3. The molecule has 1 amide bonds. The van der Waals surface area contributed by atoms with Gasteiger partial charge in [0, 0.05) is 11.8 Å². The average Bonchev–Trinajstić information content (AvgIpc) is 2.67. The lowest BCUT2D eigenvalue weighted by molar-refractivity contribution is -0.137. The molecule has 9 heteroatoms. The molecule has 150 valence electrons. The van der Waals surface area contributed by atoms with E-state index < -0.39 is 28.8 Å². The van der Waals surface area contributed by atoms with Crippen molar-refractivity contribution in [1.82, 2.24) is 9.78 Å². The number of amides is 1. The molecule has 29 heavy (non-hydrogen) atoms. The number of carbonyl (C=O) groups is 1. The summed E-state index contributed by atoms with van der Waals surface area (Å²) in [6.07, 6.45) is -4.63. The highest BCUT2D eigenvalue weighted by Gasteiger charge is 2.34. The highest BCUT2D eigenvalue weighted by atomic mass is 19.4. The Morgan fingerprint density at radius 3 is 2.45 bits per heavy atom. The Bertz CT molecular complexity index is 1120. The Hall–Kier alpha value is -3.62. The van der Waals surface area contributed by atoms with Crippen LogP contribution in [0.15, 0.2) is 59.4 Å². The lowest BCUT2D eigenvalue weighted by Crippen LogP contribution is -2.27. The Labute approximate surface area is 163 Å². The number of aromatic nitrogens is 2. The van der Waals surface area contributed by atoms with Crippen molar-refractivity contribution < 1.29 is 22.7 Å². The zero-order chi connectivity index (χ0) is 21.2. The van der Waals surface area contributed by atoms with Crippen molar-refractivity contribution in [2.45, 2.75) is 13.1 Å². The number of ether oxygens (including phenoxy) is 1. The minimum absolute atomic E-state index is 0.153. The molecule has 3 rings (SSSR count). The molecule has 0 unspecified atom stereocenters. The second-order valence-corrected chi connectivity index (χ2v) is 6.08. The zero-order valence-corrected chi connectivity index (χ0v) is 15.4. The summed E-state index contributed by atoms with van der Waals surface area (Å²) in [5, 5.41) is 6.42. The molecule has 0 spiro atoms. The number of methoxy groups -OCH3 is 1. The maximum absolute atomic E-state index is 13.4. The topological polar surface area (TPSA) is 73.2 Å². The molecule has 0 aliphatic heterocycles. The fourth-order valence-corrected chi connectivity index (χ4v) is 2.78. The molecule has 0 aliphatic carbocycles. The van der Waals surface area contributed by atoms with Gasteiger partial charge in [-0.15, -0.1) is 0 Å². The van der Waals surface area contributed by atoms with E-state index >= 15 is 0 Å². The van der Waals surface area contributed by atoms with Crippen LogP contribution < -0.4 is 15.5 Å². The summed E-state index contributed by atoms with van der Waals surface area (Å²) in [5.74, 6) is -0.506. The largest absolute Gasteiger partial charge is 0.495 e. The number of para-hydroxylation sites is 3. The molecule has 0 atom stereocenters. The normalized spacial score (nSPS) is 11.2. The van der Waals surface area contributed by atoms with Gasteiger partial charge in [0.2, 0.25) is 5.43 Å². The van der Waals surface area contributed by atoms with Crippen LogP contribution >= 0.6 is 0 Å². The molecule has 1 heterocycles. The number of nitrogens with zero attached hydrogens (tertiary/aromatic N) is 2. The zero-order valence-electron chi connectivity index (χ0n) is 15.4. The highest BCUT2D eigenvalue weighted by molar-refractivity contribution is 6.03. The fourth-order valence-electron chi connectivity index (χ4n) is 2.78. The lowest BCUT2D eigenvalue weighted by atomic mass is 10.1. The van der Waals surface area contributed by atoms with Crippen LogP contribution in [0.5, 0.6) is 5.75 Å². The fraction of sp³-hybridized carbons (Fsp3) is 0.150. The lowest BCUT2D eigenvalue weighted by Gasteiger charge is -2.17. The van der Waals surface area contributed by atoms with Gasteiger partial charge in [-0.2, -0.15) is 18.3 Å². The van der Waals surface area contributed by atoms with E-state index in [0.29, 0.717) is 11.4 Å². The van der Waals surface area contributed by atoms with Crippen molar-refractivity contribution in [2.24, 2.45) is 0 Å². The SMILES string of the molecule is COc1ccccc1NC(=O)c1nn(-c2ccccc2C(F)(F)F)c(C)cc1=O. The van der Waals surface area contributed by atoms with Crippen LogP contribution in [0.1, 0.15) is 21.7 Å². The number of hydrogen-bond acceptors (Lipinski definition) is 4. The number of anilines is 1. The van der Waals surface area contributed by atoms with Gasteiger partial charge in [0.15, 0.2) is 5.69 Å². The summed E-state index contributed by atoms with van der Waals surface area (Å²) >= 11 is 0. The highest BCUT2D eigenvalue weighted by Crippen LogP contribution is 2.33. The van der Waals surface area contributed by atoms with E-state index in [-0.39, 0.29) is 11.4 Å². The molecule has 0 fully saturated rings. The van der Waals surface area contributed by atoms with Crippen molar-refractivity contribution in [3.8, 4) is 11.4 Å². The van der Waals surface area contributed by atoms with Gasteiger partial charge < -0.3 is 10.1 Å². The summed E-state index contributed by atoms with van der Waals surface area (Å²) < 4.78 is 46.2. The van der Waals surface area contributed by atoms with Crippen LogP contribution in [0.3, 0.4) is 0 Å². The van der Waals surface area contributed by atoms with Gasteiger partial charge in [-0.05, 0) is 31.2 Å². The Morgan fingerprint density at radius 2 is 1.76 bits per heavy atom. The molecule has 1 aromatic heterocycles. The number of rotatable bonds is 4. The third kappa shape index (κ3) is 4.13. The molecule has 2 aromatic carbocycles. The van der Waals surface area contributed by atoms with Crippen LogP contribution in [-0.4, -0.2) is 22.8 Å². The summed E-state index contributed by atoms with van der Waals surface area (Å²) in [4.78, 5) is 24.9. The molecule has 0 radical (unpaired) electrons. The standard InChI is InChI=1S/C20H16F3N3O3/c1-12-11-16(27)18(19(28)24-14-8-4-6-10-17(14)29-2)25-26(12)15-9-5-3-7-13(15)20(21,22)23/h3-11H,1-2H3,(H,24,28). The van der Waals surface area contributed by atoms with Gasteiger partial charge in [0.1, 0.15) is 5.75 Å². The number of hydrogen-bond donors (Lipinski definition) is 1. The van der Waals surface area contributed by atoms with Crippen molar-refractivity contribution in [1.29, 1.82) is 0 Å². The van der Waals surface area contributed by atoms with Crippen molar-refractivity contribution >= 4 is 11.6 Å². The van der Waals surface area contributed by atoms with Gasteiger partial charge in [-0.25, -0.2) is 4.68 Å². The Balaban J connectivity index is 2.08. The molecular weight excluding hydrogens is 387 g/mol. The third-order valence-corrected chi connectivity index (χ3v) is 4.12. The summed E-state index contributed by atoms with van der Waals surface area (Å²) in [5.41, 5.74) is -2.03. The maximum atomic E-state index is 13.4. The van der Waals surface area contributed by atoms with Gasteiger partial charge in [0.05, 0.1) is 24.0 Å². The average molecular weight is 403 g/mol. The number of carbonyl (C=O) groups excluding carboxylic acids is 1. The van der Waals surface area contributed by atoms with Crippen LogP contribution in [0.25, 0.3) is 5.69 Å². The summed E-state index contributed by atoms with van der Waals surface area (Å²) in [7, 11) is 1.41. The third-order valence-electron chi connectivity index (χ3n) is 4.12. The molecule has 6 nitrogen and oxygen atoms in total. The van der Waals surface area contributed by atoms with E-state index in [4.69, 9.17) is 4.74 Å². The van der Waals surface area contributed by atoms with E-state index in [1.54, 1.807) is 24.3 Å². The number of benzene rings is 2. The van der Waals surface area contributed by atoms with E-state index in [2.05, 4.69) is 10.4 Å². The summed E-state index contributed by atoms with van der Waals surface area (Å²) in [6, 6.07) is 12.4. The number of aryl methyl sites for hydroxylation is 1. The Kier molecular flexibility index (Phi) is 5.40. The second-order valence-electron chi connectivity index (χ2n) is 6.08. The predicted octanol–water partition coefficient (Wildman–Crippen LogP) is 3.82. The Morgan fingerprint density at radius 1 is 1.10 bits per heavy atom. The molecular formula is C20H16F3N3O3. The van der Waals surface area contributed by atoms with E-state index in [1.807, 2.05) is 0 Å². The van der Waals surface area contributed by atoms with E-state index in [9.17, 15) is 22.8 Å². The summed E-state index contributed by atoms with van der Waals surface area (Å²) in [6.45, 7) is 1.43. The molecule has 0 saturated heterocycles. The number of halogens is 3. The van der Waals surface area contributed by atoms with Crippen LogP contribution in [0.4, 0.5) is 18.9 Å². The van der Waals surface area contributed by atoms with Gasteiger partial charge in [0.25, 0.3) is 5.91 Å². The first-order valence-corrected chi connectivity index (χ1v) is 8.44. The molecule has 0 bridgehead atoms. The molecule has 0 aliphatic rings. The van der Waals surface area contributed by atoms with Crippen molar-refractivity contribution in [2.75, 3.05) is 12.4 Å². The van der Waals surface area contributed by atoms with Gasteiger partial charge in [-0.1, -0.05) is 24.3 Å². The molecule has 3 aromatic rings. The van der Waals surface area contributed by atoms with Gasteiger partial charge >= 0.3 is 6.18 Å². The molecule has 0 saturated carbocycles. The first-order chi connectivity index (χ1) is 13.7. The van der Waals surface area contributed by atoms with Crippen molar-refractivity contribution in [3.63, 3.8) is 0 Å². The predicted molar refractivity (Wildman–Crippen MR) is 101 cm³/mol. The first-order valence-electron chi connectivity index (χ1n) is 8.44. The quantitative estimate of drug-likeness (QED) is 0.719. The minimum atomic E-state index is -4.63. The van der Waals surface area contributed by atoms with E-state index in [1.165, 1.54) is 32.2 Å². The van der Waals surface area contributed by atoms with Crippen LogP contribution in [0.2, 0.25) is 0 Å².